The van der Waals surface area contributed by atoms with Crippen LogP contribution in [0.25, 0.3) is 0 Å². The van der Waals surface area contributed by atoms with E-state index in [-0.39, 0.29) is 23.0 Å². The van der Waals surface area contributed by atoms with Gasteiger partial charge in [-0.2, -0.15) is 13.2 Å². The number of aldehydes is 1. The number of nitrogens with zero attached hydrogens (tertiary/aromatic N) is 1. The molecule has 0 saturated carbocycles. The summed E-state index contributed by atoms with van der Waals surface area (Å²) in [5.74, 6) is 0. The van der Waals surface area contributed by atoms with Gasteiger partial charge >= 0.3 is 6.18 Å². The second kappa shape index (κ2) is 5.88. The van der Waals surface area contributed by atoms with E-state index in [1.165, 1.54) is 0 Å². The van der Waals surface area contributed by atoms with Crippen LogP contribution in [-0.4, -0.2) is 19.6 Å². The van der Waals surface area contributed by atoms with E-state index < -0.39 is 20.1 Å². The molecule has 0 atom stereocenters. The van der Waals surface area contributed by atoms with Crippen LogP contribution >= 0.6 is 0 Å². The standard InChI is InChI=1S/C14H20F3NO2Si/c1-13(2,3)21(4,5)20-9-12-7-10(14(15,16)17)6-11(8-19)18-12/h6-8H,9H2,1-5H3. The Labute approximate surface area is 123 Å². The zero-order valence-electron chi connectivity index (χ0n) is 12.8. The van der Waals surface area contributed by atoms with Gasteiger partial charge in [-0.25, -0.2) is 4.98 Å². The van der Waals surface area contributed by atoms with Crippen LogP contribution in [0.1, 0.15) is 42.5 Å². The zero-order valence-corrected chi connectivity index (χ0v) is 13.8. The Bertz CT molecular complexity index is 522. The second-order valence-electron chi connectivity index (χ2n) is 6.44. The molecule has 1 aromatic heterocycles. The molecule has 0 fully saturated rings. The third-order valence-corrected chi connectivity index (χ3v) is 8.21. The van der Waals surface area contributed by atoms with E-state index in [9.17, 15) is 18.0 Å². The Kier molecular flexibility index (Phi) is 5.00. The fraction of sp³-hybridized carbons (Fsp3) is 0.571. The lowest BCUT2D eigenvalue weighted by molar-refractivity contribution is -0.137. The first-order valence-corrected chi connectivity index (χ1v) is 9.45. The van der Waals surface area contributed by atoms with Crippen molar-refractivity contribution in [2.45, 2.75) is 51.7 Å². The normalized spacial score (nSPS) is 13.3. The number of hydrogen-bond acceptors (Lipinski definition) is 3. The molecule has 0 aliphatic carbocycles. The minimum atomic E-state index is -4.51. The minimum Gasteiger partial charge on any atom is -0.411 e. The maximum absolute atomic E-state index is 12.8. The molecule has 0 saturated heterocycles. The average molecular weight is 319 g/mol. The van der Waals surface area contributed by atoms with Crippen molar-refractivity contribution in [2.24, 2.45) is 0 Å². The molecule has 1 heterocycles. The second-order valence-corrected chi connectivity index (χ2v) is 11.2. The minimum absolute atomic E-state index is 0.0265. The van der Waals surface area contributed by atoms with Gasteiger partial charge in [-0.1, -0.05) is 20.8 Å². The summed E-state index contributed by atoms with van der Waals surface area (Å²) < 4.78 is 44.2. The first kappa shape index (κ1) is 17.8. The smallest absolute Gasteiger partial charge is 0.411 e. The summed E-state index contributed by atoms with van der Waals surface area (Å²) in [6.45, 7) is 10.1. The van der Waals surface area contributed by atoms with Crippen molar-refractivity contribution in [3.63, 3.8) is 0 Å². The maximum Gasteiger partial charge on any atom is 0.416 e. The molecule has 0 amide bonds. The van der Waals surface area contributed by atoms with Gasteiger partial charge in [0, 0.05) is 0 Å². The van der Waals surface area contributed by atoms with E-state index in [2.05, 4.69) is 4.98 Å². The monoisotopic (exact) mass is 319 g/mol. The molecule has 0 bridgehead atoms. The van der Waals surface area contributed by atoms with Crippen LogP contribution in [0, 0.1) is 0 Å². The van der Waals surface area contributed by atoms with Crippen LogP contribution in [0.4, 0.5) is 13.2 Å². The number of aromatic nitrogens is 1. The SMILES string of the molecule is CC(C)(C)[Si](C)(C)OCc1cc(C(F)(F)F)cc(C=O)n1. The first-order chi connectivity index (χ1) is 9.37. The molecule has 0 aliphatic heterocycles. The molecule has 0 unspecified atom stereocenters. The van der Waals surface area contributed by atoms with E-state index in [1.54, 1.807) is 0 Å². The molecular formula is C14H20F3NO2Si. The van der Waals surface area contributed by atoms with E-state index in [0.29, 0.717) is 6.29 Å². The summed E-state index contributed by atoms with van der Waals surface area (Å²) in [4.78, 5) is 14.6. The lowest BCUT2D eigenvalue weighted by Crippen LogP contribution is -2.40. The summed E-state index contributed by atoms with van der Waals surface area (Å²) in [6, 6.07) is 1.67. The van der Waals surface area contributed by atoms with Crippen molar-refractivity contribution in [1.82, 2.24) is 4.98 Å². The molecule has 1 rings (SSSR count). The fourth-order valence-corrected chi connectivity index (χ4v) is 2.32. The van der Waals surface area contributed by atoms with Gasteiger partial charge in [-0.3, -0.25) is 4.79 Å². The van der Waals surface area contributed by atoms with Crippen molar-refractivity contribution in [3.8, 4) is 0 Å². The highest BCUT2D eigenvalue weighted by Gasteiger charge is 2.37. The van der Waals surface area contributed by atoms with E-state index >= 15 is 0 Å². The molecule has 3 nitrogen and oxygen atoms in total. The van der Waals surface area contributed by atoms with Gasteiger partial charge in [0.05, 0.1) is 17.9 Å². The highest BCUT2D eigenvalue weighted by atomic mass is 28.4. The number of carbonyl (C=O) groups excluding carboxylic acids is 1. The number of alkyl halides is 3. The van der Waals surface area contributed by atoms with Crippen molar-refractivity contribution < 1.29 is 22.4 Å². The van der Waals surface area contributed by atoms with Gasteiger partial charge in [-0.05, 0) is 30.3 Å². The quantitative estimate of drug-likeness (QED) is 0.608. The molecule has 0 spiro atoms. The summed E-state index contributed by atoms with van der Waals surface area (Å²) in [7, 11) is -2.09. The van der Waals surface area contributed by atoms with Gasteiger partial charge in [-0.15, -0.1) is 0 Å². The first-order valence-electron chi connectivity index (χ1n) is 6.54. The van der Waals surface area contributed by atoms with Crippen LogP contribution in [0.2, 0.25) is 18.1 Å². The Morgan fingerprint density at radius 1 is 1.24 bits per heavy atom. The Hall–Kier alpha value is -1.21. The summed E-state index contributed by atoms with van der Waals surface area (Å²) in [5.41, 5.74) is -0.996. The van der Waals surface area contributed by atoms with Gasteiger partial charge in [0.25, 0.3) is 0 Å². The van der Waals surface area contributed by atoms with Gasteiger partial charge in [0.1, 0.15) is 5.69 Å². The Balaban J connectivity index is 3.02. The molecular weight excluding hydrogens is 299 g/mol. The van der Waals surface area contributed by atoms with E-state index in [4.69, 9.17) is 4.43 Å². The van der Waals surface area contributed by atoms with Gasteiger partial charge in [0.2, 0.25) is 0 Å². The Morgan fingerprint density at radius 2 is 1.81 bits per heavy atom. The lowest BCUT2D eigenvalue weighted by Gasteiger charge is -2.36. The van der Waals surface area contributed by atoms with Crippen molar-refractivity contribution in [2.75, 3.05) is 0 Å². The maximum atomic E-state index is 12.8. The molecule has 118 valence electrons. The zero-order chi connectivity index (χ0) is 16.5. The highest BCUT2D eigenvalue weighted by molar-refractivity contribution is 6.74. The third kappa shape index (κ3) is 4.64. The van der Waals surface area contributed by atoms with Crippen LogP contribution in [0.5, 0.6) is 0 Å². The summed E-state index contributed by atoms with van der Waals surface area (Å²) >= 11 is 0. The van der Waals surface area contributed by atoms with Crippen LogP contribution in [0.15, 0.2) is 12.1 Å². The van der Waals surface area contributed by atoms with Gasteiger partial charge in [0.15, 0.2) is 14.6 Å². The number of pyridine rings is 1. The van der Waals surface area contributed by atoms with E-state index in [0.717, 1.165) is 12.1 Å². The topological polar surface area (TPSA) is 39.2 Å². The van der Waals surface area contributed by atoms with Crippen LogP contribution in [0.3, 0.4) is 0 Å². The highest BCUT2D eigenvalue weighted by Crippen LogP contribution is 2.37. The largest absolute Gasteiger partial charge is 0.416 e. The van der Waals surface area contributed by atoms with Crippen LogP contribution in [-0.2, 0) is 17.2 Å². The van der Waals surface area contributed by atoms with Crippen molar-refractivity contribution in [1.29, 1.82) is 0 Å². The average Bonchev–Trinajstić information content (AvgIpc) is 2.33. The third-order valence-electron chi connectivity index (χ3n) is 3.73. The van der Waals surface area contributed by atoms with Crippen molar-refractivity contribution >= 4 is 14.6 Å². The molecule has 0 radical (unpaired) electrons. The molecule has 7 heteroatoms. The van der Waals surface area contributed by atoms with Gasteiger partial charge < -0.3 is 4.43 Å². The molecule has 0 aliphatic rings. The molecule has 1 aromatic rings. The number of rotatable bonds is 4. The molecule has 21 heavy (non-hydrogen) atoms. The van der Waals surface area contributed by atoms with Crippen LogP contribution < -0.4 is 0 Å². The fourth-order valence-electron chi connectivity index (χ4n) is 1.38. The molecule has 0 N–H and O–H groups in total. The molecule has 0 aromatic carbocycles. The lowest BCUT2D eigenvalue weighted by atomic mass is 10.2. The summed E-state index contributed by atoms with van der Waals surface area (Å²) in [5, 5.41) is -0.0534. The summed E-state index contributed by atoms with van der Waals surface area (Å²) in [6.07, 6.45) is -4.20. The number of hydrogen-bond donors (Lipinski definition) is 0. The predicted octanol–water partition coefficient (Wildman–Crippen LogP) is 4.43. The van der Waals surface area contributed by atoms with Crippen molar-refractivity contribution in [3.05, 3.63) is 29.1 Å². The number of halogens is 3. The van der Waals surface area contributed by atoms with E-state index in [1.807, 2.05) is 33.9 Å². The predicted molar refractivity (Wildman–Crippen MR) is 76.6 cm³/mol. The Morgan fingerprint density at radius 3 is 2.24 bits per heavy atom. The number of carbonyl (C=O) groups is 1.